The largest absolute Gasteiger partial charge is 0.238 e. The molecule has 2 aromatic heterocycles. The number of hydrogen-bond donors (Lipinski definition) is 0. The summed E-state index contributed by atoms with van der Waals surface area (Å²) in [5.74, 6) is 0.815. The second-order valence-corrected chi connectivity index (χ2v) is 3.63. The van der Waals surface area contributed by atoms with Gasteiger partial charge in [0.15, 0.2) is 0 Å². The first-order chi connectivity index (χ1) is 6.79. The number of nitrogens with zero attached hydrogens (tertiary/aromatic N) is 3. The van der Waals surface area contributed by atoms with E-state index >= 15 is 0 Å². The Morgan fingerprint density at radius 2 is 2.29 bits per heavy atom. The van der Waals surface area contributed by atoms with Crippen LogP contribution in [0.2, 0.25) is 0 Å². The van der Waals surface area contributed by atoms with Crippen LogP contribution in [0.15, 0.2) is 18.5 Å². The van der Waals surface area contributed by atoms with E-state index in [1.165, 1.54) is 18.4 Å². The van der Waals surface area contributed by atoms with Crippen LogP contribution in [0.4, 0.5) is 0 Å². The zero-order valence-electron chi connectivity index (χ0n) is 8.70. The Labute approximate surface area is 83.8 Å². The average molecular weight is 189 g/mol. The highest BCUT2D eigenvalue weighted by molar-refractivity contribution is 5.47. The van der Waals surface area contributed by atoms with Crippen molar-refractivity contribution < 1.29 is 0 Å². The molecule has 0 aromatic carbocycles. The molecule has 3 nitrogen and oxygen atoms in total. The topological polar surface area (TPSA) is 30.2 Å². The van der Waals surface area contributed by atoms with Crippen molar-refractivity contribution in [2.75, 3.05) is 0 Å². The molecule has 3 heteroatoms. The van der Waals surface area contributed by atoms with E-state index in [1.54, 1.807) is 0 Å². The molecule has 0 saturated carbocycles. The first-order valence-corrected chi connectivity index (χ1v) is 5.10. The minimum atomic E-state index is 0.815. The molecule has 0 bridgehead atoms. The first kappa shape index (κ1) is 9.19. The van der Waals surface area contributed by atoms with Crippen LogP contribution >= 0.6 is 0 Å². The summed E-state index contributed by atoms with van der Waals surface area (Å²) in [6.07, 6.45) is 7.58. The lowest BCUT2D eigenvalue weighted by Crippen LogP contribution is -1.94. The molecule has 2 rings (SSSR count). The fourth-order valence-corrected chi connectivity index (χ4v) is 1.57. The van der Waals surface area contributed by atoms with Crippen LogP contribution in [0, 0.1) is 6.92 Å². The van der Waals surface area contributed by atoms with Crippen molar-refractivity contribution in [2.24, 2.45) is 0 Å². The second-order valence-electron chi connectivity index (χ2n) is 3.63. The summed E-state index contributed by atoms with van der Waals surface area (Å²) in [6, 6.07) is 2.16. The van der Waals surface area contributed by atoms with Gasteiger partial charge in [-0.25, -0.2) is 9.50 Å². The molecular weight excluding hydrogens is 174 g/mol. The molecular formula is C11H15N3. The van der Waals surface area contributed by atoms with Gasteiger partial charge in [0.2, 0.25) is 0 Å². The molecule has 0 amide bonds. The minimum Gasteiger partial charge on any atom is -0.238 e. The molecule has 14 heavy (non-hydrogen) atoms. The van der Waals surface area contributed by atoms with Crippen LogP contribution in [0.5, 0.6) is 0 Å². The van der Waals surface area contributed by atoms with Gasteiger partial charge < -0.3 is 0 Å². The lowest BCUT2D eigenvalue weighted by Gasteiger charge is -1.93. The molecule has 0 saturated heterocycles. The SMILES string of the molecule is CCCCc1cc2cnc(C)nn2c1. The van der Waals surface area contributed by atoms with Crippen LogP contribution < -0.4 is 0 Å². The lowest BCUT2D eigenvalue weighted by molar-refractivity contribution is 0.789. The van der Waals surface area contributed by atoms with E-state index in [0.717, 1.165) is 17.8 Å². The average Bonchev–Trinajstić information content (AvgIpc) is 2.56. The molecule has 0 radical (unpaired) electrons. The van der Waals surface area contributed by atoms with Crippen molar-refractivity contribution in [2.45, 2.75) is 33.1 Å². The normalized spacial score (nSPS) is 11.0. The zero-order valence-corrected chi connectivity index (χ0v) is 8.70. The van der Waals surface area contributed by atoms with E-state index in [-0.39, 0.29) is 0 Å². The maximum Gasteiger partial charge on any atom is 0.146 e. The van der Waals surface area contributed by atoms with E-state index in [4.69, 9.17) is 0 Å². The van der Waals surface area contributed by atoms with Gasteiger partial charge >= 0.3 is 0 Å². The van der Waals surface area contributed by atoms with Crippen LogP contribution in [0.3, 0.4) is 0 Å². The Hall–Kier alpha value is -1.38. The highest BCUT2D eigenvalue weighted by Gasteiger charge is 2.00. The van der Waals surface area contributed by atoms with E-state index in [2.05, 4.69) is 29.3 Å². The fourth-order valence-electron chi connectivity index (χ4n) is 1.57. The van der Waals surface area contributed by atoms with E-state index < -0.39 is 0 Å². The molecule has 0 unspecified atom stereocenters. The summed E-state index contributed by atoms with van der Waals surface area (Å²) < 4.78 is 1.91. The molecule has 0 spiro atoms. The standard InChI is InChI=1S/C11H15N3/c1-3-4-5-10-6-11-7-12-9(2)13-14(11)8-10/h6-8H,3-5H2,1-2H3. The summed E-state index contributed by atoms with van der Waals surface area (Å²) in [4.78, 5) is 4.17. The Bertz CT molecular complexity index is 431. The Kier molecular flexibility index (Phi) is 2.48. The van der Waals surface area contributed by atoms with Gasteiger partial charge in [0.05, 0.1) is 11.7 Å². The van der Waals surface area contributed by atoms with E-state index in [1.807, 2.05) is 17.6 Å². The van der Waals surface area contributed by atoms with Crippen LogP contribution in [0.1, 0.15) is 31.2 Å². The number of unbranched alkanes of at least 4 members (excludes halogenated alkanes) is 1. The van der Waals surface area contributed by atoms with Gasteiger partial charge in [-0.3, -0.25) is 0 Å². The lowest BCUT2D eigenvalue weighted by atomic mass is 10.1. The van der Waals surface area contributed by atoms with E-state index in [0.29, 0.717) is 0 Å². The quantitative estimate of drug-likeness (QED) is 0.742. The van der Waals surface area contributed by atoms with Gasteiger partial charge in [0.1, 0.15) is 5.82 Å². The van der Waals surface area contributed by atoms with Gasteiger partial charge in [-0.05, 0) is 31.4 Å². The maximum atomic E-state index is 4.31. The molecule has 0 aliphatic heterocycles. The van der Waals surface area contributed by atoms with Crippen molar-refractivity contribution in [3.05, 3.63) is 29.8 Å². The number of fused-ring (bicyclic) bond motifs is 1. The molecule has 2 aromatic rings. The molecule has 0 aliphatic carbocycles. The van der Waals surface area contributed by atoms with Crippen molar-refractivity contribution in [3.63, 3.8) is 0 Å². The van der Waals surface area contributed by atoms with Gasteiger partial charge in [0.25, 0.3) is 0 Å². The van der Waals surface area contributed by atoms with Crippen LogP contribution in [0.25, 0.3) is 5.52 Å². The third-order valence-electron chi connectivity index (χ3n) is 2.34. The Morgan fingerprint density at radius 1 is 1.43 bits per heavy atom. The highest BCUT2D eigenvalue weighted by atomic mass is 15.2. The van der Waals surface area contributed by atoms with Crippen molar-refractivity contribution in [1.29, 1.82) is 0 Å². The van der Waals surface area contributed by atoms with Gasteiger partial charge in [0, 0.05) is 6.20 Å². The number of aromatic nitrogens is 3. The Balaban J connectivity index is 2.32. The van der Waals surface area contributed by atoms with Crippen LogP contribution in [-0.4, -0.2) is 14.6 Å². The third-order valence-corrected chi connectivity index (χ3v) is 2.34. The molecule has 0 atom stereocenters. The minimum absolute atomic E-state index is 0.815. The fraction of sp³-hybridized carbons (Fsp3) is 0.455. The maximum absolute atomic E-state index is 4.31. The highest BCUT2D eigenvalue weighted by Crippen LogP contribution is 2.10. The summed E-state index contributed by atoms with van der Waals surface area (Å²) in [5, 5.41) is 4.31. The molecule has 74 valence electrons. The van der Waals surface area contributed by atoms with Gasteiger partial charge in [-0.1, -0.05) is 13.3 Å². The monoisotopic (exact) mass is 189 g/mol. The van der Waals surface area contributed by atoms with Crippen molar-refractivity contribution in [1.82, 2.24) is 14.6 Å². The molecule has 2 heterocycles. The first-order valence-electron chi connectivity index (χ1n) is 5.10. The molecule has 0 fully saturated rings. The van der Waals surface area contributed by atoms with Crippen molar-refractivity contribution in [3.8, 4) is 0 Å². The number of hydrogen-bond acceptors (Lipinski definition) is 2. The number of aryl methyl sites for hydroxylation is 2. The second kappa shape index (κ2) is 3.78. The number of rotatable bonds is 3. The summed E-state index contributed by atoms with van der Waals surface area (Å²) in [7, 11) is 0. The Morgan fingerprint density at radius 3 is 3.07 bits per heavy atom. The zero-order chi connectivity index (χ0) is 9.97. The summed E-state index contributed by atoms with van der Waals surface area (Å²) >= 11 is 0. The third kappa shape index (κ3) is 1.76. The predicted molar refractivity (Wildman–Crippen MR) is 56.3 cm³/mol. The van der Waals surface area contributed by atoms with Gasteiger partial charge in [-0.2, -0.15) is 5.10 Å². The van der Waals surface area contributed by atoms with E-state index in [9.17, 15) is 0 Å². The van der Waals surface area contributed by atoms with Crippen molar-refractivity contribution >= 4 is 5.52 Å². The summed E-state index contributed by atoms with van der Waals surface area (Å²) in [5.41, 5.74) is 2.44. The molecule has 0 aliphatic rings. The molecule has 0 N–H and O–H groups in total. The summed E-state index contributed by atoms with van der Waals surface area (Å²) in [6.45, 7) is 4.12. The smallest absolute Gasteiger partial charge is 0.146 e. The van der Waals surface area contributed by atoms with Gasteiger partial charge in [-0.15, -0.1) is 0 Å². The predicted octanol–water partition coefficient (Wildman–Crippen LogP) is 2.38. The van der Waals surface area contributed by atoms with Crippen LogP contribution in [-0.2, 0) is 6.42 Å².